The Kier molecular flexibility index (Phi) is 2.72. The van der Waals surface area contributed by atoms with Crippen molar-refractivity contribution >= 4 is 10.8 Å². The lowest BCUT2D eigenvalue weighted by Crippen LogP contribution is -1.97. The summed E-state index contributed by atoms with van der Waals surface area (Å²) in [5.74, 6) is 1.96. The molecule has 1 aromatic heterocycles. The molecule has 1 aromatic carbocycles. The van der Waals surface area contributed by atoms with E-state index in [1.807, 2.05) is 13.8 Å². The average Bonchev–Trinajstić information content (AvgIpc) is 2.28. The second-order valence-electron chi connectivity index (χ2n) is 4.22. The molecule has 0 amide bonds. The van der Waals surface area contributed by atoms with E-state index in [0.29, 0.717) is 10.8 Å². The van der Waals surface area contributed by atoms with Crippen molar-refractivity contribution in [3.05, 3.63) is 35.4 Å². The normalized spacial score (nSPS) is 10.8. The molecular weight excluding hydrogens is 217 g/mol. The first-order valence-corrected chi connectivity index (χ1v) is 5.32. The van der Waals surface area contributed by atoms with Gasteiger partial charge in [0.25, 0.3) is 0 Å². The summed E-state index contributed by atoms with van der Waals surface area (Å²) in [7, 11) is 0. The van der Waals surface area contributed by atoms with E-state index in [1.165, 1.54) is 12.3 Å². The Hall–Kier alpha value is -2.08. The van der Waals surface area contributed by atoms with Gasteiger partial charge in [-0.3, -0.25) is 0 Å². The molecule has 17 heavy (non-hydrogen) atoms. The Labute approximate surface area is 99.1 Å². The predicted octanol–water partition coefficient (Wildman–Crippen LogP) is 3.18. The van der Waals surface area contributed by atoms with E-state index in [0.717, 1.165) is 5.56 Å². The van der Waals surface area contributed by atoms with Crippen LogP contribution < -0.4 is 0 Å². The Balaban J connectivity index is 2.98. The summed E-state index contributed by atoms with van der Waals surface area (Å²) in [4.78, 5) is 3.60. The Morgan fingerprint density at radius 1 is 1.41 bits per heavy atom. The van der Waals surface area contributed by atoms with Gasteiger partial charge in [0.05, 0.1) is 5.56 Å². The van der Waals surface area contributed by atoms with Gasteiger partial charge in [-0.05, 0) is 23.6 Å². The van der Waals surface area contributed by atoms with E-state index in [4.69, 9.17) is 6.42 Å². The van der Waals surface area contributed by atoms with Gasteiger partial charge >= 0.3 is 0 Å². The van der Waals surface area contributed by atoms with E-state index in [9.17, 15) is 9.50 Å². The fourth-order valence-corrected chi connectivity index (χ4v) is 1.94. The summed E-state index contributed by atoms with van der Waals surface area (Å²) in [5.41, 5.74) is 0.987. The van der Waals surface area contributed by atoms with E-state index >= 15 is 0 Å². The van der Waals surface area contributed by atoms with Gasteiger partial charge in [-0.25, -0.2) is 4.98 Å². The summed E-state index contributed by atoms with van der Waals surface area (Å²) in [6, 6.07) is 3.15. The molecule has 0 aliphatic rings. The van der Waals surface area contributed by atoms with Gasteiger partial charge in [-0.1, -0.05) is 19.8 Å². The van der Waals surface area contributed by atoms with E-state index in [2.05, 4.69) is 10.9 Å². The molecule has 2 nitrogen and oxygen atoms in total. The van der Waals surface area contributed by atoms with Crippen molar-refractivity contribution in [2.75, 3.05) is 0 Å². The Morgan fingerprint density at radius 2 is 2.12 bits per heavy atom. The number of rotatable bonds is 1. The standard InChI is InChI=1S/C14H12FNO/c1-4-11-13-9(7-16-14(11)15)5-10(17)6-12(13)8(2)3/h1,5-8,17H,2-3H3. The van der Waals surface area contributed by atoms with Crippen LogP contribution in [0.5, 0.6) is 5.75 Å². The van der Waals surface area contributed by atoms with Crippen molar-refractivity contribution in [3.8, 4) is 18.1 Å². The number of pyridine rings is 1. The highest BCUT2D eigenvalue weighted by Gasteiger charge is 2.14. The molecule has 0 bridgehead atoms. The third kappa shape index (κ3) is 1.83. The first kappa shape index (κ1) is 11.4. The smallest absolute Gasteiger partial charge is 0.229 e. The van der Waals surface area contributed by atoms with Crippen LogP contribution in [0.4, 0.5) is 4.39 Å². The first-order valence-electron chi connectivity index (χ1n) is 5.32. The van der Waals surface area contributed by atoms with Crippen LogP contribution >= 0.6 is 0 Å². The quantitative estimate of drug-likeness (QED) is 0.601. The van der Waals surface area contributed by atoms with Crippen LogP contribution in [-0.2, 0) is 0 Å². The van der Waals surface area contributed by atoms with Crippen LogP contribution in [0, 0.1) is 18.3 Å². The van der Waals surface area contributed by atoms with Crippen LogP contribution in [0.15, 0.2) is 18.3 Å². The highest BCUT2D eigenvalue weighted by atomic mass is 19.1. The SMILES string of the molecule is C#Cc1c(F)ncc2cc(O)cc(C(C)C)c12. The molecule has 0 spiro atoms. The highest BCUT2D eigenvalue weighted by molar-refractivity contribution is 5.92. The lowest BCUT2D eigenvalue weighted by atomic mass is 9.94. The number of aromatic nitrogens is 1. The number of benzene rings is 1. The summed E-state index contributed by atoms with van der Waals surface area (Å²) < 4.78 is 13.5. The number of terminal acetylenes is 1. The number of phenolic OH excluding ortho intramolecular Hbond substituents is 1. The molecule has 2 rings (SSSR count). The van der Waals surface area contributed by atoms with Gasteiger partial charge in [0, 0.05) is 17.0 Å². The third-order valence-electron chi connectivity index (χ3n) is 2.72. The largest absolute Gasteiger partial charge is 0.508 e. The van der Waals surface area contributed by atoms with Crippen LogP contribution in [0.3, 0.4) is 0 Å². The molecule has 1 N–H and O–H groups in total. The van der Waals surface area contributed by atoms with Gasteiger partial charge in [-0.2, -0.15) is 4.39 Å². The van der Waals surface area contributed by atoms with Gasteiger partial charge in [0.15, 0.2) is 0 Å². The maximum Gasteiger partial charge on any atom is 0.229 e. The lowest BCUT2D eigenvalue weighted by Gasteiger charge is -2.12. The van der Waals surface area contributed by atoms with Crippen molar-refractivity contribution in [3.63, 3.8) is 0 Å². The fourth-order valence-electron chi connectivity index (χ4n) is 1.94. The molecular formula is C14H12FNO. The van der Waals surface area contributed by atoms with Crippen LogP contribution in [0.1, 0.15) is 30.9 Å². The lowest BCUT2D eigenvalue weighted by molar-refractivity contribution is 0.475. The minimum atomic E-state index is -0.646. The molecule has 0 fully saturated rings. The molecule has 0 saturated carbocycles. The second-order valence-corrected chi connectivity index (χ2v) is 4.22. The number of aromatic hydroxyl groups is 1. The molecule has 2 aromatic rings. The van der Waals surface area contributed by atoms with E-state index in [-0.39, 0.29) is 17.2 Å². The average molecular weight is 229 g/mol. The maximum absolute atomic E-state index is 13.5. The Bertz CT molecular complexity index is 626. The predicted molar refractivity (Wildman–Crippen MR) is 65.4 cm³/mol. The zero-order chi connectivity index (χ0) is 12.6. The summed E-state index contributed by atoms with van der Waals surface area (Å²) >= 11 is 0. The zero-order valence-electron chi connectivity index (χ0n) is 9.66. The molecule has 0 atom stereocenters. The number of fused-ring (bicyclic) bond motifs is 1. The molecule has 0 saturated heterocycles. The summed E-state index contributed by atoms with van der Waals surface area (Å²) in [5, 5.41) is 10.9. The summed E-state index contributed by atoms with van der Waals surface area (Å²) in [6.07, 6.45) is 6.72. The van der Waals surface area contributed by atoms with Gasteiger partial charge < -0.3 is 5.11 Å². The molecule has 1 heterocycles. The van der Waals surface area contributed by atoms with Crippen LogP contribution in [0.2, 0.25) is 0 Å². The minimum absolute atomic E-state index is 0.137. The van der Waals surface area contributed by atoms with Crippen molar-refractivity contribution in [1.29, 1.82) is 0 Å². The van der Waals surface area contributed by atoms with Crippen LogP contribution in [-0.4, -0.2) is 10.1 Å². The monoisotopic (exact) mass is 229 g/mol. The van der Waals surface area contributed by atoms with Gasteiger partial charge in [-0.15, -0.1) is 6.42 Å². The number of halogens is 1. The van der Waals surface area contributed by atoms with Crippen molar-refractivity contribution in [2.24, 2.45) is 0 Å². The molecule has 0 aliphatic heterocycles. The Morgan fingerprint density at radius 3 is 2.71 bits per heavy atom. The second kappa shape index (κ2) is 4.06. The molecule has 3 heteroatoms. The van der Waals surface area contributed by atoms with Gasteiger partial charge in [0.2, 0.25) is 5.95 Å². The highest BCUT2D eigenvalue weighted by Crippen LogP contribution is 2.32. The maximum atomic E-state index is 13.5. The van der Waals surface area contributed by atoms with E-state index < -0.39 is 5.95 Å². The van der Waals surface area contributed by atoms with E-state index in [1.54, 1.807) is 6.07 Å². The summed E-state index contributed by atoms with van der Waals surface area (Å²) in [6.45, 7) is 3.93. The van der Waals surface area contributed by atoms with Gasteiger partial charge in [0.1, 0.15) is 5.75 Å². The van der Waals surface area contributed by atoms with Crippen molar-refractivity contribution < 1.29 is 9.50 Å². The van der Waals surface area contributed by atoms with Crippen molar-refractivity contribution in [1.82, 2.24) is 4.98 Å². The topological polar surface area (TPSA) is 33.1 Å². The number of nitrogens with zero attached hydrogens (tertiary/aromatic N) is 1. The molecule has 0 radical (unpaired) electrons. The minimum Gasteiger partial charge on any atom is -0.508 e. The fraction of sp³-hybridized carbons (Fsp3) is 0.214. The zero-order valence-corrected chi connectivity index (χ0v) is 9.66. The molecule has 0 aliphatic carbocycles. The number of hydrogen-bond acceptors (Lipinski definition) is 2. The van der Waals surface area contributed by atoms with Crippen LogP contribution in [0.25, 0.3) is 10.8 Å². The molecule has 0 unspecified atom stereocenters. The number of hydrogen-bond donors (Lipinski definition) is 1. The van der Waals surface area contributed by atoms with Crippen molar-refractivity contribution in [2.45, 2.75) is 19.8 Å². The number of phenols is 1. The third-order valence-corrected chi connectivity index (χ3v) is 2.72. The first-order chi connectivity index (χ1) is 8.04. The molecule has 86 valence electrons.